The summed E-state index contributed by atoms with van der Waals surface area (Å²) < 4.78 is 0. The van der Waals surface area contributed by atoms with Crippen molar-refractivity contribution in [2.75, 3.05) is 11.9 Å². The average molecular weight is 303 g/mol. The molecule has 2 rings (SSSR count). The van der Waals surface area contributed by atoms with E-state index in [1.165, 1.54) is 12.8 Å². The SMILES string of the molecule is C[C@@H]1[C@H](C)CCC[C@@H]1NCC(=O)Nc1ccc(C(N)=O)cc1. The van der Waals surface area contributed by atoms with E-state index in [-0.39, 0.29) is 5.91 Å². The summed E-state index contributed by atoms with van der Waals surface area (Å²) in [5.74, 6) is 0.754. The van der Waals surface area contributed by atoms with Gasteiger partial charge in [0.2, 0.25) is 11.8 Å². The molecular formula is C17H25N3O2. The van der Waals surface area contributed by atoms with Crippen LogP contribution in [0.4, 0.5) is 5.69 Å². The minimum atomic E-state index is -0.472. The van der Waals surface area contributed by atoms with Gasteiger partial charge in [0.15, 0.2) is 0 Å². The number of benzene rings is 1. The van der Waals surface area contributed by atoms with E-state index in [1.54, 1.807) is 24.3 Å². The van der Waals surface area contributed by atoms with Crippen LogP contribution in [0.25, 0.3) is 0 Å². The number of hydrogen-bond acceptors (Lipinski definition) is 3. The highest BCUT2D eigenvalue weighted by molar-refractivity contribution is 5.95. The lowest BCUT2D eigenvalue weighted by molar-refractivity contribution is -0.115. The fraction of sp³-hybridized carbons (Fsp3) is 0.529. The Kier molecular flexibility index (Phi) is 5.55. The first-order valence-electron chi connectivity index (χ1n) is 7.90. The van der Waals surface area contributed by atoms with E-state index in [4.69, 9.17) is 5.73 Å². The van der Waals surface area contributed by atoms with Crippen LogP contribution in [-0.2, 0) is 4.79 Å². The second-order valence-electron chi connectivity index (χ2n) is 6.24. The molecule has 1 fully saturated rings. The van der Waals surface area contributed by atoms with Crippen LogP contribution < -0.4 is 16.4 Å². The van der Waals surface area contributed by atoms with Crippen LogP contribution in [0.3, 0.4) is 0 Å². The van der Waals surface area contributed by atoms with Crippen molar-refractivity contribution in [2.45, 2.75) is 39.2 Å². The van der Waals surface area contributed by atoms with Gasteiger partial charge >= 0.3 is 0 Å². The van der Waals surface area contributed by atoms with Crippen LogP contribution in [0.2, 0.25) is 0 Å². The van der Waals surface area contributed by atoms with Gasteiger partial charge in [0, 0.05) is 17.3 Å². The van der Waals surface area contributed by atoms with Gasteiger partial charge in [0.25, 0.3) is 0 Å². The molecule has 1 saturated carbocycles. The predicted molar refractivity (Wildman–Crippen MR) is 87.6 cm³/mol. The summed E-state index contributed by atoms with van der Waals surface area (Å²) in [5, 5.41) is 6.19. The summed E-state index contributed by atoms with van der Waals surface area (Å²) in [4.78, 5) is 23.0. The van der Waals surface area contributed by atoms with Gasteiger partial charge in [-0.25, -0.2) is 0 Å². The van der Waals surface area contributed by atoms with Gasteiger partial charge in [-0.3, -0.25) is 9.59 Å². The van der Waals surface area contributed by atoms with Crippen LogP contribution in [0.1, 0.15) is 43.5 Å². The highest BCUT2D eigenvalue weighted by atomic mass is 16.2. The molecule has 4 N–H and O–H groups in total. The minimum Gasteiger partial charge on any atom is -0.366 e. The van der Waals surface area contributed by atoms with Crippen molar-refractivity contribution >= 4 is 17.5 Å². The number of anilines is 1. The smallest absolute Gasteiger partial charge is 0.248 e. The molecule has 1 aliphatic carbocycles. The normalized spacial score (nSPS) is 24.7. The van der Waals surface area contributed by atoms with Crippen molar-refractivity contribution in [3.63, 3.8) is 0 Å². The van der Waals surface area contributed by atoms with Crippen LogP contribution in [0.15, 0.2) is 24.3 Å². The average Bonchev–Trinajstić information content (AvgIpc) is 2.49. The summed E-state index contributed by atoms with van der Waals surface area (Å²) in [7, 11) is 0. The Balaban J connectivity index is 1.81. The third kappa shape index (κ3) is 4.31. The Bertz CT molecular complexity index is 527. The molecule has 2 amide bonds. The second-order valence-corrected chi connectivity index (χ2v) is 6.24. The van der Waals surface area contributed by atoms with Gasteiger partial charge in [-0.1, -0.05) is 26.7 Å². The Morgan fingerprint density at radius 3 is 2.50 bits per heavy atom. The van der Waals surface area contributed by atoms with Gasteiger partial charge in [0.05, 0.1) is 6.54 Å². The monoisotopic (exact) mass is 303 g/mol. The summed E-state index contributed by atoms with van der Waals surface area (Å²) in [6.45, 7) is 4.83. The largest absolute Gasteiger partial charge is 0.366 e. The molecule has 0 saturated heterocycles. The number of amides is 2. The van der Waals surface area contributed by atoms with Crippen LogP contribution in [-0.4, -0.2) is 24.4 Å². The molecule has 1 aromatic carbocycles. The predicted octanol–water partition coefficient (Wildman–Crippen LogP) is 2.14. The highest BCUT2D eigenvalue weighted by Crippen LogP contribution is 2.29. The maximum Gasteiger partial charge on any atom is 0.248 e. The topological polar surface area (TPSA) is 84.2 Å². The molecule has 5 heteroatoms. The number of hydrogen-bond donors (Lipinski definition) is 3. The van der Waals surface area contributed by atoms with Crippen molar-refractivity contribution in [2.24, 2.45) is 17.6 Å². The molecule has 0 heterocycles. The Morgan fingerprint density at radius 1 is 1.18 bits per heavy atom. The molecule has 3 atom stereocenters. The van der Waals surface area contributed by atoms with E-state index >= 15 is 0 Å². The Labute approximate surface area is 131 Å². The third-order valence-corrected chi connectivity index (χ3v) is 4.68. The molecule has 0 unspecified atom stereocenters. The first-order chi connectivity index (χ1) is 10.5. The maximum absolute atomic E-state index is 12.0. The van der Waals surface area contributed by atoms with Crippen molar-refractivity contribution in [1.82, 2.24) is 5.32 Å². The number of rotatable bonds is 5. The number of carbonyl (C=O) groups is 2. The van der Waals surface area contributed by atoms with Crippen molar-refractivity contribution in [3.8, 4) is 0 Å². The maximum atomic E-state index is 12.0. The van der Waals surface area contributed by atoms with Crippen molar-refractivity contribution < 1.29 is 9.59 Å². The van der Waals surface area contributed by atoms with Crippen LogP contribution in [0.5, 0.6) is 0 Å². The summed E-state index contributed by atoms with van der Waals surface area (Å²) in [6.07, 6.45) is 3.63. The van der Waals surface area contributed by atoms with Gasteiger partial charge in [-0.2, -0.15) is 0 Å². The third-order valence-electron chi connectivity index (χ3n) is 4.68. The minimum absolute atomic E-state index is 0.0720. The van der Waals surface area contributed by atoms with Crippen LogP contribution >= 0.6 is 0 Å². The molecule has 0 spiro atoms. The number of nitrogens with one attached hydrogen (secondary N) is 2. The number of primary amides is 1. The summed E-state index contributed by atoms with van der Waals surface area (Å²) in [6, 6.07) is 6.99. The summed E-state index contributed by atoms with van der Waals surface area (Å²) in [5.41, 5.74) is 6.28. The molecule has 1 aromatic rings. The molecule has 0 bridgehead atoms. The number of carbonyl (C=O) groups excluding carboxylic acids is 2. The molecule has 0 aliphatic heterocycles. The molecule has 22 heavy (non-hydrogen) atoms. The Morgan fingerprint density at radius 2 is 1.86 bits per heavy atom. The second kappa shape index (κ2) is 7.40. The zero-order valence-corrected chi connectivity index (χ0v) is 13.3. The summed E-state index contributed by atoms with van der Waals surface area (Å²) >= 11 is 0. The van der Waals surface area contributed by atoms with Gasteiger partial charge in [0.1, 0.15) is 0 Å². The van der Waals surface area contributed by atoms with Crippen molar-refractivity contribution in [1.29, 1.82) is 0 Å². The molecule has 120 valence electrons. The zero-order chi connectivity index (χ0) is 16.1. The first kappa shape index (κ1) is 16.5. The van der Waals surface area contributed by atoms with E-state index in [0.29, 0.717) is 35.7 Å². The molecular weight excluding hydrogens is 278 g/mol. The van der Waals surface area contributed by atoms with E-state index in [2.05, 4.69) is 24.5 Å². The van der Waals surface area contributed by atoms with Gasteiger partial charge in [-0.05, 0) is 42.5 Å². The van der Waals surface area contributed by atoms with Crippen LogP contribution in [0, 0.1) is 11.8 Å². The molecule has 0 aromatic heterocycles. The lowest BCUT2D eigenvalue weighted by atomic mass is 9.78. The van der Waals surface area contributed by atoms with E-state index in [0.717, 1.165) is 6.42 Å². The quantitative estimate of drug-likeness (QED) is 0.779. The van der Waals surface area contributed by atoms with E-state index in [1.807, 2.05) is 0 Å². The first-order valence-corrected chi connectivity index (χ1v) is 7.90. The molecule has 0 radical (unpaired) electrons. The van der Waals surface area contributed by atoms with E-state index < -0.39 is 5.91 Å². The lowest BCUT2D eigenvalue weighted by Gasteiger charge is -2.34. The lowest BCUT2D eigenvalue weighted by Crippen LogP contribution is -2.43. The zero-order valence-electron chi connectivity index (χ0n) is 13.3. The van der Waals surface area contributed by atoms with E-state index in [9.17, 15) is 9.59 Å². The fourth-order valence-corrected chi connectivity index (χ4v) is 3.02. The number of nitrogens with two attached hydrogens (primary N) is 1. The highest BCUT2D eigenvalue weighted by Gasteiger charge is 2.26. The van der Waals surface area contributed by atoms with Gasteiger partial charge < -0.3 is 16.4 Å². The standard InChI is InChI=1S/C17H25N3O2/c1-11-4-3-5-15(12(11)2)19-10-16(21)20-14-8-6-13(7-9-14)17(18)22/h6-9,11-12,15,19H,3-5,10H2,1-2H3,(H2,18,22)(H,20,21)/t11-,12-,15+/m1/s1. The molecule has 5 nitrogen and oxygen atoms in total. The van der Waals surface area contributed by atoms with Gasteiger partial charge in [-0.15, -0.1) is 0 Å². The van der Waals surface area contributed by atoms with Crippen molar-refractivity contribution in [3.05, 3.63) is 29.8 Å². The fourth-order valence-electron chi connectivity index (χ4n) is 3.02. The molecule has 1 aliphatic rings. The Hall–Kier alpha value is -1.88.